The molecule has 4 bridgehead atoms. The molecule has 162 valence electrons. The summed E-state index contributed by atoms with van der Waals surface area (Å²) in [4.78, 5) is 31.5. The number of carbonyl (C=O) groups excluding carboxylic acids is 2. The van der Waals surface area contributed by atoms with Crippen LogP contribution in [0.25, 0.3) is 0 Å². The van der Waals surface area contributed by atoms with Gasteiger partial charge in [0.05, 0.1) is 36.7 Å². The molecule has 5 saturated heterocycles. The molecule has 0 aromatic carbocycles. The first-order valence-corrected chi connectivity index (χ1v) is 12.3. The van der Waals surface area contributed by atoms with Crippen molar-refractivity contribution >= 4 is 11.8 Å². The second-order valence-corrected chi connectivity index (χ2v) is 10.9. The molecular formula is C24H32N2O4. The van der Waals surface area contributed by atoms with Crippen LogP contribution in [-0.4, -0.2) is 71.2 Å². The van der Waals surface area contributed by atoms with Gasteiger partial charge < -0.3 is 19.3 Å². The van der Waals surface area contributed by atoms with Crippen LogP contribution >= 0.6 is 0 Å². The van der Waals surface area contributed by atoms with Gasteiger partial charge >= 0.3 is 0 Å². The zero-order valence-corrected chi connectivity index (χ0v) is 17.6. The minimum absolute atomic E-state index is 0.154. The molecule has 0 N–H and O–H groups in total. The topological polar surface area (TPSA) is 59.1 Å². The Balaban J connectivity index is 1.13. The zero-order valence-electron chi connectivity index (χ0n) is 17.6. The summed E-state index contributed by atoms with van der Waals surface area (Å²) in [5, 5.41) is 0. The number of ether oxygens (including phenoxy) is 2. The third-order valence-electron chi connectivity index (χ3n) is 9.44. The average molecular weight is 413 g/mol. The Bertz CT molecular complexity index is 787. The average Bonchev–Trinajstić information content (AvgIpc) is 3.54. The molecule has 6 fully saturated rings. The van der Waals surface area contributed by atoms with Crippen LogP contribution in [-0.2, 0) is 19.1 Å². The monoisotopic (exact) mass is 412 g/mol. The molecule has 1 aliphatic carbocycles. The summed E-state index contributed by atoms with van der Waals surface area (Å²) >= 11 is 0. The van der Waals surface area contributed by atoms with E-state index in [1.54, 1.807) is 0 Å². The highest BCUT2D eigenvalue weighted by atomic mass is 16.5. The van der Waals surface area contributed by atoms with Crippen molar-refractivity contribution in [3.63, 3.8) is 0 Å². The molecule has 0 radical (unpaired) electrons. The quantitative estimate of drug-likeness (QED) is 0.515. The van der Waals surface area contributed by atoms with Crippen molar-refractivity contribution in [1.82, 2.24) is 9.80 Å². The Labute approximate surface area is 177 Å². The van der Waals surface area contributed by atoms with Gasteiger partial charge in [-0.1, -0.05) is 37.8 Å². The number of nitrogens with zero attached hydrogens (tertiary/aromatic N) is 2. The molecule has 1 spiro atoms. The molecule has 2 amide bonds. The number of fused-ring (bicyclic) bond motifs is 6. The summed E-state index contributed by atoms with van der Waals surface area (Å²) in [6, 6.07) is 0.325. The molecule has 6 heterocycles. The van der Waals surface area contributed by atoms with E-state index in [2.05, 4.69) is 22.0 Å². The fraction of sp³-hybridized carbons (Fsp3) is 0.833. The Kier molecular flexibility index (Phi) is 3.83. The molecule has 6 heteroatoms. The summed E-state index contributed by atoms with van der Waals surface area (Å²) in [6.45, 7) is 2.25. The lowest BCUT2D eigenvalue weighted by Gasteiger charge is -2.30. The van der Waals surface area contributed by atoms with E-state index in [0.717, 1.165) is 38.8 Å². The Morgan fingerprint density at radius 3 is 2.40 bits per heavy atom. The van der Waals surface area contributed by atoms with E-state index in [0.29, 0.717) is 36.6 Å². The predicted molar refractivity (Wildman–Crippen MR) is 108 cm³/mol. The molecule has 0 aromatic heterocycles. The normalized spacial score (nSPS) is 49.2. The molecule has 30 heavy (non-hydrogen) atoms. The molecule has 6 aliphatic heterocycles. The Hall–Kier alpha value is -1.40. The van der Waals surface area contributed by atoms with Crippen LogP contribution < -0.4 is 0 Å². The minimum Gasteiger partial charge on any atom is -0.374 e. The van der Waals surface area contributed by atoms with E-state index in [4.69, 9.17) is 9.47 Å². The van der Waals surface area contributed by atoms with Crippen molar-refractivity contribution < 1.29 is 19.1 Å². The first-order chi connectivity index (χ1) is 14.6. The summed E-state index contributed by atoms with van der Waals surface area (Å²) < 4.78 is 12.5. The van der Waals surface area contributed by atoms with E-state index in [9.17, 15) is 9.59 Å². The number of hydrogen-bond acceptors (Lipinski definition) is 4. The highest BCUT2D eigenvalue weighted by molar-refractivity contribution is 5.93. The summed E-state index contributed by atoms with van der Waals surface area (Å²) in [6.07, 6.45) is 14.1. The molecule has 0 unspecified atom stereocenters. The SMILES string of the molecule is O=C([C@H]1[C@@H]2C=C[C@@]3(CN(C4CCCCCC4)C(=O)[C@H]13)O2)N1C[C@@H]2[C@H](C1)[C@H]1CC[C@@H]2O1. The van der Waals surface area contributed by atoms with Crippen LogP contribution in [0, 0.1) is 23.7 Å². The van der Waals surface area contributed by atoms with Crippen molar-refractivity contribution in [2.75, 3.05) is 19.6 Å². The first-order valence-electron chi connectivity index (χ1n) is 12.3. The fourth-order valence-electron chi connectivity index (χ4n) is 8.04. The van der Waals surface area contributed by atoms with E-state index < -0.39 is 5.60 Å². The maximum atomic E-state index is 13.7. The molecule has 6 nitrogen and oxygen atoms in total. The second-order valence-electron chi connectivity index (χ2n) is 10.9. The third-order valence-corrected chi connectivity index (χ3v) is 9.44. The first kappa shape index (κ1) is 18.2. The van der Waals surface area contributed by atoms with E-state index in [1.807, 2.05) is 0 Å². The summed E-state index contributed by atoms with van der Waals surface area (Å²) in [5.74, 6) is 0.667. The predicted octanol–water partition coefficient (Wildman–Crippen LogP) is 2.13. The molecule has 1 saturated carbocycles. The highest BCUT2D eigenvalue weighted by Crippen LogP contribution is 2.54. The second kappa shape index (κ2) is 6.32. The van der Waals surface area contributed by atoms with Gasteiger partial charge in [0.25, 0.3) is 0 Å². The van der Waals surface area contributed by atoms with Crippen molar-refractivity contribution in [3.05, 3.63) is 12.2 Å². The van der Waals surface area contributed by atoms with Crippen LogP contribution in [0.2, 0.25) is 0 Å². The van der Waals surface area contributed by atoms with Gasteiger partial charge in [-0.3, -0.25) is 9.59 Å². The molecular weight excluding hydrogens is 380 g/mol. The van der Waals surface area contributed by atoms with E-state index >= 15 is 0 Å². The van der Waals surface area contributed by atoms with Gasteiger partial charge in [-0.05, 0) is 25.7 Å². The highest BCUT2D eigenvalue weighted by Gasteiger charge is 2.68. The lowest BCUT2D eigenvalue weighted by molar-refractivity contribution is -0.144. The van der Waals surface area contributed by atoms with Crippen molar-refractivity contribution in [2.24, 2.45) is 23.7 Å². The summed E-state index contributed by atoms with van der Waals surface area (Å²) in [7, 11) is 0. The van der Waals surface area contributed by atoms with E-state index in [1.165, 1.54) is 25.7 Å². The van der Waals surface area contributed by atoms with Crippen LogP contribution in [0.5, 0.6) is 0 Å². The lowest BCUT2D eigenvalue weighted by atomic mass is 9.76. The summed E-state index contributed by atoms with van der Waals surface area (Å²) in [5.41, 5.74) is -0.563. The van der Waals surface area contributed by atoms with Gasteiger partial charge in [0.15, 0.2) is 0 Å². The Morgan fingerprint density at radius 1 is 1.00 bits per heavy atom. The largest absolute Gasteiger partial charge is 0.374 e. The van der Waals surface area contributed by atoms with Crippen LogP contribution in [0.15, 0.2) is 12.2 Å². The van der Waals surface area contributed by atoms with Crippen molar-refractivity contribution in [2.45, 2.75) is 81.3 Å². The molecule has 7 aliphatic rings. The number of hydrogen-bond donors (Lipinski definition) is 0. The van der Waals surface area contributed by atoms with Crippen LogP contribution in [0.1, 0.15) is 51.4 Å². The fourth-order valence-corrected chi connectivity index (χ4v) is 8.04. The Morgan fingerprint density at radius 2 is 1.70 bits per heavy atom. The molecule has 8 atom stereocenters. The van der Waals surface area contributed by atoms with Crippen molar-refractivity contribution in [1.29, 1.82) is 0 Å². The van der Waals surface area contributed by atoms with Crippen LogP contribution in [0.3, 0.4) is 0 Å². The molecule has 0 aromatic rings. The smallest absolute Gasteiger partial charge is 0.230 e. The number of likely N-dealkylation sites (tertiary alicyclic amines) is 2. The van der Waals surface area contributed by atoms with E-state index in [-0.39, 0.29) is 29.8 Å². The van der Waals surface area contributed by atoms with Crippen molar-refractivity contribution in [3.8, 4) is 0 Å². The maximum absolute atomic E-state index is 13.7. The number of rotatable bonds is 2. The van der Waals surface area contributed by atoms with Gasteiger partial charge in [0, 0.05) is 31.0 Å². The maximum Gasteiger partial charge on any atom is 0.230 e. The number of carbonyl (C=O) groups is 2. The minimum atomic E-state index is -0.563. The van der Waals surface area contributed by atoms with Gasteiger partial charge in [0.2, 0.25) is 11.8 Å². The molecule has 7 rings (SSSR count). The zero-order chi connectivity index (χ0) is 20.0. The van der Waals surface area contributed by atoms with Gasteiger partial charge in [-0.2, -0.15) is 0 Å². The van der Waals surface area contributed by atoms with Gasteiger partial charge in [-0.25, -0.2) is 0 Å². The number of amides is 2. The standard InChI is InChI=1S/C24H32N2O4/c27-22(25-11-15-16(12-25)18-8-7-17(15)29-18)20-19-9-10-24(30-19)13-26(23(28)21(20)24)14-5-3-1-2-4-6-14/h9-10,14-21H,1-8,11-13H2/t15-,16+,17+,18-,19-,20-,21-,24-/m0/s1. The van der Waals surface area contributed by atoms with Gasteiger partial charge in [0.1, 0.15) is 5.60 Å². The van der Waals surface area contributed by atoms with Gasteiger partial charge in [-0.15, -0.1) is 0 Å². The lowest BCUT2D eigenvalue weighted by Crippen LogP contribution is -2.46. The third kappa shape index (κ3) is 2.32. The van der Waals surface area contributed by atoms with Crippen LogP contribution in [0.4, 0.5) is 0 Å².